The Morgan fingerprint density at radius 3 is 3.10 bits per heavy atom. The summed E-state index contributed by atoms with van der Waals surface area (Å²) in [6.45, 7) is 5.76. The Morgan fingerprint density at radius 2 is 2.50 bits per heavy atom. The molecule has 1 atom stereocenters. The van der Waals surface area contributed by atoms with E-state index in [0.717, 1.165) is 32.8 Å². The van der Waals surface area contributed by atoms with Crippen molar-refractivity contribution in [3.05, 3.63) is 0 Å². The van der Waals surface area contributed by atoms with Gasteiger partial charge in [-0.05, 0) is 12.8 Å². The molecule has 1 fully saturated rings. The predicted molar refractivity (Wildman–Crippen MR) is 40.0 cm³/mol. The highest BCUT2D eigenvalue weighted by Gasteiger charge is 2.14. The van der Waals surface area contributed by atoms with Crippen LogP contribution in [0.5, 0.6) is 0 Å². The minimum atomic E-state index is 0.673. The molecule has 1 saturated heterocycles. The van der Waals surface area contributed by atoms with E-state index in [9.17, 15) is 0 Å². The Kier molecular flexibility index (Phi) is 3.76. The summed E-state index contributed by atoms with van der Waals surface area (Å²) in [5, 5.41) is 0. The molecule has 0 amide bonds. The van der Waals surface area contributed by atoms with Crippen LogP contribution in [0, 0.1) is 5.92 Å². The molecule has 0 aliphatic carbocycles. The van der Waals surface area contributed by atoms with Crippen molar-refractivity contribution >= 4 is 0 Å². The van der Waals surface area contributed by atoms with Crippen LogP contribution in [-0.4, -0.2) is 26.4 Å². The van der Waals surface area contributed by atoms with Crippen LogP contribution in [0.2, 0.25) is 0 Å². The monoisotopic (exact) mass is 144 g/mol. The van der Waals surface area contributed by atoms with E-state index in [1.165, 1.54) is 6.42 Å². The fourth-order valence-corrected chi connectivity index (χ4v) is 1.11. The zero-order chi connectivity index (χ0) is 7.23. The second kappa shape index (κ2) is 4.69. The molecule has 1 aliphatic heterocycles. The molecule has 1 rings (SSSR count). The average Bonchev–Trinajstić information content (AvgIpc) is 2.41. The van der Waals surface area contributed by atoms with E-state index >= 15 is 0 Å². The zero-order valence-corrected chi connectivity index (χ0v) is 6.64. The van der Waals surface area contributed by atoms with Crippen LogP contribution in [0.15, 0.2) is 0 Å². The molecule has 10 heavy (non-hydrogen) atoms. The smallest absolute Gasteiger partial charge is 0.0517 e. The summed E-state index contributed by atoms with van der Waals surface area (Å²) in [7, 11) is 0. The average molecular weight is 144 g/mol. The lowest BCUT2D eigenvalue weighted by atomic mass is 10.1. The number of rotatable bonds is 4. The van der Waals surface area contributed by atoms with E-state index in [-0.39, 0.29) is 0 Å². The van der Waals surface area contributed by atoms with Gasteiger partial charge in [0, 0.05) is 19.1 Å². The van der Waals surface area contributed by atoms with Gasteiger partial charge in [-0.2, -0.15) is 0 Å². The van der Waals surface area contributed by atoms with E-state index < -0.39 is 0 Å². The highest BCUT2D eigenvalue weighted by Crippen LogP contribution is 2.11. The Bertz CT molecular complexity index is 77.3. The van der Waals surface area contributed by atoms with Gasteiger partial charge in [-0.15, -0.1) is 0 Å². The summed E-state index contributed by atoms with van der Waals surface area (Å²) in [5.41, 5.74) is 0. The second-order valence-corrected chi connectivity index (χ2v) is 2.80. The van der Waals surface area contributed by atoms with Crippen molar-refractivity contribution in [2.45, 2.75) is 19.8 Å². The van der Waals surface area contributed by atoms with Crippen LogP contribution < -0.4 is 0 Å². The first-order chi connectivity index (χ1) is 4.93. The highest BCUT2D eigenvalue weighted by molar-refractivity contribution is 4.62. The van der Waals surface area contributed by atoms with Gasteiger partial charge >= 0.3 is 0 Å². The molecule has 0 bridgehead atoms. The zero-order valence-electron chi connectivity index (χ0n) is 6.64. The molecule has 0 radical (unpaired) electrons. The Labute approximate surface area is 62.5 Å². The maximum Gasteiger partial charge on any atom is 0.0517 e. The van der Waals surface area contributed by atoms with Crippen molar-refractivity contribution < 1.29 is 9.47 Å². The lowest BCUT2D eigenvalue weighted by molar-refractivity contribution is 0.0903. The van der Waals surface area contributed by atoms with E-state index in [2.05, 4.69) is 6.92 Å². The minimum Gasteiger partial charge on any atom is -0.381 e. The quantitative estimate of drug-likeness (QED) is 0.556. The summed E-state index contributed by atoms with van der Waals surface area (Å²) < 4.78 is 10.6. The third-order valence-corrected chi connectivity index (χ3v) is 1.73. The maximum absolute atomic E-state index is 5.39. The Balaban J connectivity index is 1.91. The van der Waals surface area contributed by atoms with Crippen LogP contribution in [0.3, 0.4) is 0 Å². The highest BCUT2D eigenvalue weighted by atomic mass is 16.5. The summed E-state index contributed by atoms with van der Waals surface area (Å²) in [6, 6.07) is 0. The topological polar surface area (TPSA) is 18.5 Å². The molecule has 60 valence electrons. The number of hydrogen-bond donors (Lipinski definition) is 0. The van der Waals surface area contributed by atoms with Gasteiger partial charge in [-0.1, -0.05) is 6.92 Å². The fourth-order valence-electron chi connectivity index (χ4n) is 1.11. The third kappa shape index (κ3) is 2.67. The molecule has 2 nitrogen and oxygen atoms in total. The second-order valence-electron chi connectivity index (χ2n) is 2.80. The fraction of sp³-hybridized carbons (Fsp3) is 1.00. The largest absolute Gasteiger partial charge is 0.381 e. The van der Waals surface area contributed by atoms with E-state index in [4.69, 9.17) is 9.47 Å². The standard InChI is InChI=1S/C8H16O2/c1-2-4-9-6-8-3-5-10-7-8/h8H,2-7H2,1H3. The van der Waals surface area contributed by atoms with Crippen molar-refractivity contribution in [2.75, 3.05) is 26.4 Å². The van der Waals surface area contributed by atoms with Gasteiger partial charge in [0.1, 0.15) is 0 Å². The van der Waals surface area contributed by atoms with Gasteiger partial charge < -0.3 is 9.47 Å². The van der Waals surface area contributed by atoms with E-state index in [0.29, 0.717) is 5.92 Å². The first kappa shape index (κ1) is 8.02. The lowest BCUT2D eigenvalue weighted by Gasteiger charge is -2.06. The van der Waals surface area contributed by atoms with Crippen LogP contribution >= 0.6 is 0 Å². The molecule has 0 saturated carbocycles. The molecule has 0 spiro atoms. The van der Waals surface area contributed by atoms with Gasteiger partial charge in [-0.25, -0.2) is 0 Å². The first-order valence-corrected chi connectivity index (χ1v) is 4.09. The van der Waals surface area contributed by atoms with Crippen molar-refractivity contribution in [3.8, 4) is 0 Å². The van der Waals surface area contributed by atoms with Gasteiger partial charge in [0.15, 0.2) is 0 Å². The molecule has 0 N–H and O–H groups in total. The molecular weight excluding hydrogens is 128 g/mol. The van der Waals surface area contributed by atoms with Crippen LogP contribution in [-0.2, 0) is 9.47 Å². The molecule has 0 aromatic carbocycles. The van der Waals surface area contributed by atoms with Gasteiger partial charge in [0.2, 0.25) is 0 Å². The van der Waals surface area contributed by atoms with Gasteiger partial charge in [0.25, 0.3) is 0 Å². The summed E-state index contributed by atoms with van der Waals surface area (Å²) in [5.74, 6) is 0.673. The van der Waals surface area contributed by atoms with Crippen molar-refractivity contribution in [1.29, 1.82) is 0 Å². The van der Waals surface area contributed by atoms with Crippen molar-refractivity contribution in [1.82, 2.24) is 0 Å². The molecular formula is C8H16O2. The van der Waals surface area contributed by atoms with Crippen molar-refractivity contribution in [2.24, 2.45) is 5.92 Å². The van der Waals surface area contributed by atoms with Gasteiger partial charge in [-0.3, -0.25) is 0 Å². The molecule has 0 aromatic heterocycles. The first-order valence-electron chi connectivity index (χ1n) is 4.09. The maximum atomic E-state index is 5.39. The predicted octanol–water partition coefficient (Wildman–Crippen LogP) is 1.45. The lowest BCUT2D eigenvalue weighted by Crippen LogP contribution is -2.09. The van der Waals surface area contributed by atoms with Crippen molar-refractivity contribution in [3.63, 3.8) is 0 Å². The summed E-state index contributed by atoms with van der Waals surface area (Å²) in [4.78, 5) is 0. The molecule has 1 heterocycles. The van der Waals surface area contributed by atoms with E-state index in [1.54, 1.807) is 0 Å². The minimum absolute atomic E-state index is 0.673. The molecule has 2 heteroatoms. The summed E-state index contributed by atoms with van der Waals surface area (Å²) in [6.07, 6.45) is 2.30. The van der Waals surface area contributed by atoms with Crippen LogP contribution in [0.25, 0.3) is 0 Å². The SMILES string of the molecule is CCCOCC1CCOC1. The van der Waals surface area contributed by atoms with Crippen LogP contribution in [0.1, 0.15) is 19.8 Å². The van der Waals surface area contributed by atoms with Gasteiger partial charge in [0.05, 0.1) is 13.2 Å². The Hall–Kier alpha value is -0.0800. The number of ether oxygens (including phenoxy) is 2. The molecule has 0 aromatic rings. The van der Waals surface area contributed by atoms with E-state index in [1.807, 2.05) is 0 Å². The number of hydrogen-bond acceptors (Lipinski definition) is 2. The molecule has 1 unspecified atom stereocenters. The van der Waals surface area contributed by atoms with Crippen LogP contribution in [0.4, 0.5) is 0 Å². The Morgan fingerprint density at radius 1 is 1.60 bits per heavy atom. The third-order valence-electron chi connectivity index (χ3n) is 1.73. The normalized spacial score (nSPS) is 25.5. The molecule has 1 aliphatic rings. The summed E-state index contributed by atoms with van der Waals surface area (Å²) >= 11 is 0.